The molecule has 0 aromatic rings. The van der Waals surface area contributed by atoms with Gasteiger partial charge in [0.25, 0.3) is 0 Å². The van der Waals surface area contributed by atoms with Gasteiger partial charge in [0.05, 0.1) is 12.9 Å². The molecule has 16 heavy (non-hydrogen) atoms. The summed E-state index contributed by atoms with van der Waals surface area (Å²) < 4.78 is 21.7. The fourth-order valence-corrected chi connectivity index (χ4v) is 1.84. The summed E-state index contributed by atoms with van der Waals surface area (Å²) in [6.45, 7) is 5.46. The monoisotopic (exact) mass is 228 g/mol. The first-order valence-corrected chi connectivity index (χ1v) is 5.29. The van der Waals surface area contributed by atoms with Crippen LogP contribution in [0.25, 0.3) is 0 Å². The van der Waals surface area contributed by atoms with E-state index in [2.05, 4.69) is 0 Å². The molecule has 0 saturated carbocycles. The maximum atomic E-state index is 11.0. The van der Waals surface area contributed by atoms with E-state index in [9.17, 15) is 4.79 Å². The van der Waals surface area contributed by atoms with Gasteiger partial charge < -0.3 is 18.9 Å². The van der Waals surface area contributed by atoms with E-state index in [1.165, 1.54) is 13.2 Å². The summed E-state index contributed by atoms with van der Waals surface area (Å²) in [5.74, 6) is -1.00. The van der Waals surface area contributed by atoms with Gasteiger partial charge in [-0.1, -0.05) is 0 Å². The molecule has 0 aromatic heterocycles. The average molecular weight is 228 g/mol. The van der Waals surface area contributed by atoms with Gasteiger partial charge in [0.1, 0.15) is 6.10 Å². The Morgan fingerprint density at radius 2 is 2.25 bits per heavy atom. The molecule has 0 bridgehead atoms. The quantitative estimate of drug-likeness (QED) is 0.626. The zero-order valence-corrected chi connectivity index (χ0v) is 9.64. The number of carbonyl (C=O) groups is 1. The Kier molecular flexibility index (Phi) is 2.90. The summed E-state index contributed by atoms with van der Waals surface area (Å²) in [6.07, 6.45) is 2.28. The second-order valence-electron chi connectivity index (χ2n) is 4.37. The van der Waals surface area contributed by atoms with Crippen molar-refractivity contribution in [2.24, 2.45) is 0 Å². The Morgan fingerprint density at radius 1 is 1.50 bits per heavy atom. The van der Waals surface area contributed by atoms with E-state index in [-0.39, 0.29) is 18.2 Å². The molecule has 3 atom stereocenters. The molecule has 0 radical (unpaired) electrons. The van der Waals surface area contributed by atoms with Crippen molar-refractivity contribution in [3.05, 3.63) is 12.3 Å². The fraction of sp³-hybridized carbons (Fsp3) is 0.727. The number of hydrogen-bond acceptors (Lipinski definition) is 5. The molecule has 0 unspecified atom stereocenters. The van der Waals surface area contributed by atoms with Crippen LogP contribution in [-0.4, -0.2) is 36.7 Å². The summed E-state index contributed by atoms with van der Waals surface area (Å²) >= 11 is 0. The molecule has 2 heterocycles. The van der Waals surface area contributed by atoms with Crippen LogP contribution >= 0.6 is 0 Å². The SMILES string of the molecule is CC(=O)O[C@H]1C=CO[C@@H]2COC(C)(C)O[C@@H]12. The minimum absolute atomic E-state index is 0.220. The van der Waals surface area contributed by atoms with Crippen molar-refractivity contribution in [2.75, 3.05) is 6.61 Å². The normalized spacial score (nSPS) is 36.1. The Morgan fingerprint density at radius 3 is 2.94 bits per heavy atom. The summed E-state index contributed by atoms with van der Waals surface area (Å²) in [5, 5.41) is 0. The van der Waals surface area contributed by atoms with Crippen molar-refractivity contribution >= 4 is 5.97 Å². The smallest absolute Gasteiger partial charge is 0.303 e. The van der Waals surface area contributed by atoms with E-state index in [4.69, 9.17) is 18.9 Å². The van der Waals surface area contributed by atoms with Crippen molar-refractivity contribution in [1.82, 2.24) is 0 Å². The number of ether oxygens (including phenoxy) is 4. The first-order valence-electron chi connectivity index (χ1n) is 5.29. The van der Waals surface area contributed by atoms with E-state index in [1.807, 2.05) is 13.8 Å². The first kappa shape index (κ1) is 11.4. The van der Waals surface area contributed by atoms with Crippen molar-refractivity contribution in [3.63, 3.8) is 0 Å². The Labute approximate surface area is 94.3 Å². The third-order valence-electron chi connectivity index (χ3n) is 2.53. The summed E-state index contributed by atoms with van der Waals surface area (Å²) in [6, 6.07) is 0. The summed E-state index contributed by atoms with van der Waals surface area (Å²) in [4.78, 5) is 11.0. The van der Waals surface area contributed by atoms with Crippen LogP contribution in [0.2, 0.25) is 0 Å². The van der Waals surface area contributed by atoms with Gasteiger partial charge in [-0.25, -0.2) is 0 Å². The molecule has 0 aliphatic carbocycles. The second kappa shape index (κ2) is 4.07. The van der Waals surface area contributed by atoms with Gasteiger partial charge >= 0.3 is 5.97 Å². The van der Waals surface area contributed by atoms with E-state index >= 15 is 0 Å². The predicted molar refractivity (Wildman–Crippen MR) is 54.5 cm³/mol. The van der Waals surface area contributed by atoms with Crippen LogP contribution in [0.5, 0.6) is 0 Å². The molecule has 0 spiro atoms. The van der Waals surface area contributed by atoms with Gasteiger partial charge in [-0.2, -0.15) is 0 Å². The molecule has 0 amide bonds. The lowest BCUT2D eigenvalue weighted by molar-refractivity contribution is -0.319. The summed E-state index contributed by atoms with van der Waals surface area (Å²) in [7, 11) is 0. The average Bonchev–Trinajstić information content (AvgIpc) is 2.17. The van der Waals surface area contributed by atoms with E-state index in [0.29, 0.717) is 6.61 Å². The molecule has 2 aliphatic heterocycles. The van der Waals surface area contributed by atoms with Crippen LogP contribution in [0.15, 0.2) is 12.3 Å². The van der Waals surface area contributed by atoms with Gasteiger partial charge in [0, 0.05) is 6.92 Å². The van der Waals surface area contributed by atoms with Crippen LogP contribution in [0, 0.1) is 0 Å². The lowest BCUT2D eigenvalue weighted by atomic mass is 10.0. The zero-order valence-electron chi connectivity index (χ0n) is 9.64. The minimum Gasteiger partial charge on any atom is -0.493 e. The minimum atomic E-state index is -0.673. The highest BCUT2D eigenvalue weighted by molar-refractivity contribution is 5.66. The molecule has 2 aliphatic rings. The van der Waals surface area contributed by atoms with Gasteiger partial charge in [-0.3, -0.25) is 4.79 Å². The van der Waals surface area contributed by atoms with Gasteiger partial charge in [-0.05, 0) is 19.9 Å². The van der Waals surface area contributed by atoms with E-state index in [0.717, 1.165) is 0 Å². The van der Waals surface area contributed by atoms with Crippen molar-refractivity contribution < 1.29 is 23.7 Å². The molecule has 5 nitrogen and oxygen atoms in total. The molecule has 1 fully saturated rings. The molecule has 1 saturated heterocycles. The number of fused-ring (bicyclic) bond motifs is 1. The maximum absolute atomic E-state index is 11.0. The first-order chi connectivity index (χ1) is 7.48. The maximum Gasteiger partial charge on any atom is 0.303 e. The van der Waals surface area contributed by atoms with E-state index < -0.39 is 11.9 Å². The highest BCUT2D eigenvalue weighted by Gasteiger charge is 2.44. The number of carbonyl (C=O) groups excluding carboxylic acids is 1. The Bertz CT molecular complexity index is 309. The zero-order chi connectivity index (χ0) is 11.8. The topological polar surface area (TPSA) is 54.0 Å². The molecule has 0 N–H and O–H groups in total. The highest BCUT2D eigenvalue weighted by Crippen LogP contribution is 2.29. The van der Waals surface area contributed by atoms with Crippen LogP contribution in [0.1, 0.15) is 20.8 Å². The molecule has 5 heteroatoms. The molecule has 90 valence electrons. The standard InChI is InChI=1S/C11H16O5/c1-7(12)15-8-4-5-13-9-6-14-11(2,3)16-10(8)9/h4-5,8-10H,6H2,1-3H3/t8-,9+,10-/m0/s1. The molecule has 0 aromatic carbocycles. The van der Waals surface area contributed by atoms with Crippen LogP contribution in [0.4, 0.5) is 0 Å². The van der Waals surface area contributed by atoms with Gasteiger partial charge in [0.2, 0.25) is 0 Å². The van der Waals surface area contributed by atoms with Gasteiger partial charge in [0.15, 0.2) is 18.0 Å². The second-order valence-corrected chi connectivity index (χ2v) is 4.37. The largest absolute Gasteiger partial charge is 0.493 e. The van der Waals surface area contributed by atoms with Crippen LogP contribution in [-0.2, 0) is 23.7 Å². The number of hydrogen-bond donors (Lipinski definition) is 0. The molecular formula is C11H16O5. The fourth-order valence-electron chi connectivity index (χ4n) is 1.84. The number of rotatable bonds is 1. The van der Waals surface area contributed by atoms with Crippen molar-refractivity contribution in [1.29, 1.82) is 0 Å². The lowest BCUT2D eigenvalue weighted by Crippen LogP contribution is -2.55. The predicted octanol–water partition coefficient (Wildman–Crippen LogP) is 0.982. The Hall–Kier alpha value is -1.07. The summed E-state index contributed by atoms with van der Waals surface area (Å²) in [5.41, 5.74) is 0. The third kappa shape index (κ3) is 2.36. The third-order valence-corrected chi connectivity index (χ3v) is 2.53. The van der Waals surface area contributed by atoms with Crippen molar-refractivity contribution in [2.45, 2.75) is 44.9 Å². The van der Waals surface area contributed by atoms with Crippen LogP contribution in [0.3, 0.4) is 0 Å². The molecular weight excluding hydrogens is 212 g/mol. The molecule has 2 rings (SSSR count). The van der Waals surface area contributed by atoms with Gasteiger partial charge in [-0.15, -0.1) is 0 Å². The Balaban J connectivity index is 2.11. The highest BCUT2D eigenvalue weighted by atomic mass is 16.7. The van der Waals surface area contributed by atoms with Crippen LogP contribution < -0.4 is 0 Å². The van der Waals surface area contributed by atoms with Crippen molar-refractivity contribution in [3.8, 4) is 0 Å². The van der Waals surface area contributed by atoms with E-state index in [1.54, 1.807) is 6.08 Å². The number of esters is 1. The lowest BCUT2D eigenvalue weighted by Gasteiger charge is -2.43.